The fourth-order valence-corrected chi connectivity index (χ4v) is 4.92. The van der Waals surface area contributed by atoms with Gasteiger partial charge >= 0.3 is 11.9 Å². The van der Waals surface area contributed by atoms with Crippen molar-refractivity contribution in [3.8, 4) is 11.5 Å². The number of aromatic nitrogens is 1. The van der Waals surface area contributed by atoms with E-state index < -0.39 is 18.0 Å². The fourth-order valence-electron chi connectivity index (χ4n) is 3.89. The number of para-hydroxylation sites is 1. The zero-order valence-corrected chi connectivity index (χ0v) is 20.8. The van der Waals surface area contributed by atoms with E-state index in [1.807, 2.05) is 0 Å². The first-order valence-electron chi connectivity index (χ1n) is 11.1. The number of esters is 2. The maximum Gasteiger partial charge on any atom is 0.338 e. The number of nitrogens with zero attached hydrogens (tertiary/aromatic N) is 2. The number of fused-ring (bicyclic) bond motifs is 1. The number of methoxy groups -OCH3 is 1. The normalized spacial score (nSPS) is 15.1. The van der Waals surface area contributed by atoms with Crippen LogP contribution in [-0.2, 0) is 14.3 Å². The Morgan fingerprint density at radius 2 is 1.89 bits per heavy atom. The molecule has 9 heteroatoms. The van der Waals surface area contributed by atoms with E-state index in [2.05, 4.69) is 11.6 Å². The molecular formula is C27H24N2O6S. The molecule has 0 saturated heterocycles. The SMILES string of the molecule is C=CCOC(=O)C1=C(C)N=c2s/c(=C/c3ccccc3OC(C)=O)c(=O)n2C1c1ccc(OC)cc1. The molecule has 2 heterocycles. The van der Waals surface area contributed by atoms with E-state index in [-0.39, 0.29) is 17.7 Å². The highest BCUT2D eigenvalue weighted by Gasteiger charge is 2.33. The second-order valence-corrected chi connectivity index (χ2v) is 8.88. The monoisotopic (exact) mass is 504 g/mol. The summed E-state index contributed by atoms with van der Waals surface area (Å²) < 4.78 is 17.8. The van der Waals surface area contributed by atoms with Crippen LogP contribution in [0.1, 0.15) is 31.0 Å². The van der Waals surface area contributed by atoms with Gasteiger partial charge in [0.25, 0.3) is 5.56 Å². The lowest BCUT2D eigenvalue weighted by Crippen LogP contribution is -2.39. The molecule has 184 valence electrons. The first-order valence-corrected chi connectivity index (χ1v) is 11.9. The van der Waals surface area contributed by atoms with Gasteiger partial charge in [0.15, 0.2) is 4.80 Å². The number of ether oxygens (including phenoxy) is 3. The number of benzene rings is 2. The Balaban J connectivity index is 1.92. The van der Waals surface area contributed by atoms with Crippen molar-refractivity contribution < 1.29 is 23.8 Å². The molecule has 1 atom stereocenters. The molecule has 2 aromatic carbocycles. The average Bonchev–Trinajstić information content (AvgIpc) is 3.17. The summed E-state index contributed by atoms with van der Waals surface area (Å²) in [5.41, 5.74) is 1.65. The standard InChI is InChI=1S/C27H24N2O6S/c1-5-14-34-26(32)23-16(2)28-27-29(24(23)18-10-12-20(33-4)13-11-18)25(31)22(36-27)15-19-8-6-7-9-21(19)35-17(3)30/h5-13,15,24H,1,14H2,2-4H3/b22-15+. The van der Waals surface area contributed by atoms with Crippen molar-refractivity contribution in [3.05, 3.63) is 103 Å². The van der Waals surface area contributed by atoms with Gasteiger partial charge in [0.05, 0.1) is 29.0 Å². The molecule has 0 amide bonds. The van der Waals surface area contributed by atoms with E-state index in [1.54, 1.807) is 68.6 Å². The van der Waals surface area contributed by atoms with Gasteiger partial charge in [0.1, 0.15) is 18.1 Å². The summed E-state index contributed by atoms with van der Waals surface area (Å²) in [5, 5.41) is 0. The molecule has 0 radical (unpaired) electrons. The van der Waals surface area contributed by atoms with E-state index in [0.29, 0.717) is 37.7 Å². The van der Waals surface area contributed by atoms with Gasteiger partial charge in [0, 0.05) is 12.5 Å². The molecule has 0 aliphatic carbocycles. The third-order valence-corrected chi connectivity index (χ3v) is 6.45. The third kappa shape index (κ3) is 4.92. The first-order chi connectivity index (χ1) is 17.3. The van der Waals surface area contributed by atoms with Crippen molar-refractivity contribution in [2.24, 2.45) is 4.99 Å². The van der Waals surface area contributed by atoms with Crippen LogP contribution in [0.4, 0.5) is 0 Å². The lowest BCUT2D eigenvalue weighted by Gasteiger charge is -2.24. The molecule has 3 aromatic rings. The number of hydrogen-bond donors (Lipinski definition) is 0. The van der Waals surface area contributed by atoms with Crippen molar-refractivity contribution in [1.82, 2.24) is 4.57 Å². The van der Waals surface area contributed by atoms with Crippen LogP contribution in [0.5, 0.6) is 11.5 Å². The molecule has 36 heavy (non-hydrogen) atoms. The zero-order valence-electron chi connectivity index (χ0n) is 20.0. The summed E-state index contributed by atoms with van der Waals surface area (Å²) in [4.78, 5) is 43.3. The van der Waals surface area contributed by atoms with Gasteiger partial charge in [-0.05, 0) is 36.8 Å². The van der Waals surface area contributed by atoms with Gasteiger partial charge in [-0.2, -0.15) is 0 Å². The number of carbonyl (C=O) groups is 2. The summed E-state index contributed by atoms with van der Waals surface area (Å²) in [6, 6.07) is 13.3. The minimum atomic E-state index is -0.754. The van der Waals surface area contributed by atoms with Gasteiger partial charge in [-0.1, -0.05) is 54.3 Å². The van der Waals surface area contributed by atoms with Gasteiger partial charge in [0.2, 0.25) is 0 Å². The molecule has 0 bridgehead atoms. The van der Waals surface area contributed by atoms with Crippen molar-refractivity contribution >= 4 is 29.4 Å². The number of allylic oxidation sites excluding steroid dienone is 1. The van der Waals surface area contributed by atoms with Gasteiger partial charge in [-0.3, -0.25) is 14.2 Å². The van der Waals surface area contributed by atoms with Crippen molar-refractivity contribution in [2.45, 2.75) is 19.9 Å². The third-order valence-electron chi connectivity index (χ3n) is 5.46. The second-order valence-electron chi connectivity index (χ2n) is 7.87. The lowest BCUT2D eigenvalue weighted by atomic mass is 9.96. The topological polar surface area (TPSA) is 96.2 Å². The average molecular weight is 505 g/mol. The Bertz CT molecular complexity index is 1550. The van der Waals surface area contributed by atoms with Crippen molar-refractivity contribution in [1.29, 1.82) is 0 Å². The van der Waals surface area contributed by atoms with E-state index in [9.17, 15) is 14.4 Å². The first kappa shape index (κ1) is 24.9. The Kier molecular flexibility index (Phi) is 7.30. The number of thiazole rings is 1. The van der Waals surface area contributed by atoms with Crippen LogP contribution >= 0.6 is 11.3 Å². The van der Waals surface area contributed by atoms with Crippen LogP contribution in [0, 0.1) is 0 Å². The maximum atomic E-state index is 13.7. The van der Waals surface area contributed by atoms with Crippen LogP contribution in [0.3, 0.4) is 0 Å². The van der Waals surface area contributed by atoms with E-state index in [0.717, 1.165) is 0 Å². The molecule has 0 spiro atoms. The van der Waals surface area contributed by atoms with E-state index in [1.165, 1.54) is 28.9 Å². The van der Waals surface area contributed by atoms with Crippen LogP contribution in [0.2, 0.25) is 0 Å². The summed E-state index contributed by atoms with van der Waals surface area (Å²) in [6.45, 7) is 6.65. The molecule has 0 N–H and O–H groups in total. The molecule has 0 fully saturated rings. The Morgan fingerprint density at radius 1 is 1.17 bits per heavy atom. The molecule has 8 nitrogen and oxygen atoms in total. The van der Waals surface area contributed by atoms with E-state index >= 15 is 0 Å². The lowest BCUT2D eigenvalue weighted by molar-refractivity contribution is -0.138. The highest BCUT2D eigenvalue weighted by atomic mass is 32.1. The van der Waals surface area contributed by atoms with Crippen molar-refractivity contribution in [2.75, 3.05) is 13.7 Å². The maximum absolute atomic E-state index is 13.7. The Hall–Kier alpha value is -4.24. The quantitative estimate of drug-likeness (QED) is 0.279. The summed E-state index contributed by atoms with van der Waals surface area (Å²) in [5.74, 6) is -0.0568. The highest BCUT2D eigenvalue weighted by Crippen LogP contribution is 2.31. The second kappa shape index (κ2) is 10.6. The Morgan fingerprint density at radius 3 is 2.56 bits per heavy atom. The summed E-state index contributed by atoms with van der Waals surface area (Å²) in [6.07, 6.45) is 3.13. The largest absolute Gasteiger partial charge is 0.497 e. The smallest absolute Gasteiger partial charge is 0.338 e. The minimum absolute atomic E-state index is 0.0301. The van der Waals surface area contributed by atoms with Gasteiger partial charge in [-0.25, -0.2) is 9.79 Å². The molecular weight excluding hydrogens is 480 g/mol. The molecule has 1 aromatic heterocycles. The molecule has 1 aliphatic rings. The van der Waals surface area contributed by atoms with Crippen LogP contribution < -0.4 is 24.4 Å². The Labute approximate surface area is 211 Å². The predicted molar refractivity (Wildman–Crippen MR) is 136 cm³/mol. The molecule has 1 unspecified atom stereocenters. The van der Waals surface area contributed by atoms with E-state index in [4.69, 9.17) is 14.2 Å². The van der Waals surface area contributed by atoms with Gasteiger partial charge in [-0.15, -0.1) is 0 Å². The van der Waals surface area contributed by atoms with Crippen LogP contribution in [-0.4, -0.2) is 30.2 Å². The van der Waals surface area contributed by atoms with Crippen molar-refractivity contribution in [3.63, 3.8) is 0 Å². The number of rotatable bonds is 7. The highest BCUT2D eigenvalue weighted by molar-refractivity contribution is 7.07. The molecule has 1 aliphatic heterocycles. The molecule has 4 rings (SSSR count). The summed E-state index contributed by atoms with van der Waals surface area (Å²) in [7, 11) is 1.56. The summed E-state index contributed by atoms with van der Waals surface area (Å²) >= 11 is 1.19. The van der Waals surface area contributed by atoms with Crippen LogP contribution in [0.15, 0.2) is 82.2 Å². The zero-order chi connectivity index (χ0) is 25.8. The fraction of sp³-hybridized carbons (Fsp3) is 0.185. The van der Waals surface area contributed by atoms with Crippen LogP contribution in [0.25, 0.3) is 6.08 Å². The minimum Gasteiger partial charge on any atom is -0.497 e. The van der Waals surface area contributed by atoms with Gasteiger partial charge < -0.3 is 14.2 Å². The number of hydrogen-bond acceptors (Lipinski definition) is 8. The predicted octanol–water partition coefficient (Wildman–Crippen LogP) is 2.90. The molecule has 0 saturated carbocycles. The number of carbonyl (C=O) groups excluding carboxylic acids is 2.